The fourth-order valence-electron chi connectivity index (χ4n) is 1.83. The monoisotopic (exact) mass is 353 g/mol. The number of hydrogen-bond acceptors (Lipinski definition) is 7. The summed E-state index contributed by atoms with van der Waals surface area (Å²) in [6, 6.07) is 0. The molecule has 0 aliphatic heterocycles. The average molecular weight is 353 g/mol. The summed E-state index contributed by atoms with van der Waals surface area (Å²) in [5.74, 6) is -0.679. The quantitative estimate of drug-likeness (QED) is 0.111. The maximum Gasteiger partial charge on any atom is 0.343 e. The molecule has 7 heteroatoms. The Bertz CT molecular complexity index is 572. The van der Waals surface area contributed by atoms with Crippen molar-refractivity contribution in [2.45, 2.75) is 20.8 Å². The summed E-state index contributed by atoms with van der Waals surface area (Å²) in [5.41, 5.74) is 0.888. The van der Waals surface area contributed by atoms with Gasteiger partial charge in [-0.1, -0.05) is 0 Å². The van der Waals surface area contributed by atoms with Gasteiger partial charge >= 0.3 is 5.97 Å². The third-order valence-electron chi connectivity index (χ3n) is 3.00. The fraction of sp³-hybridized carbons (Fsp3) is 0.444. The summed E-state index contributed by atoms with van der Waals surface area (Å²) in [7, 11) is 3.02. The van der Waals surface area contributed by atoms with E-state index in [1.807, 2.05) is 0 Å². The summed E-state index contributed by atoms with van der Waals surface area (Å²) < 4.78 is 15.0. The van der Waals surface area contributed by atoms with Crippen LogP contribution >= 0.6 is 0 Å². The molecule has 0 radical (unpaired) electrons. The first-order valence-electron chi connectivity index (χ1n) is 7.81. The standard InChI is InChI=1S/C18H27NO6/c1-6-25-18(22)15(12-19-8-9-20)17(21)14(3)11-13(2)16(24-5)7-10-23-4/h7,10-12,19-20H,6,8-9H2,1-5H3/b10-7+,14-11+,15-12-,16-13+. The maximum absolute atomic E-state index is 12.6. The summed E-state index contributed by atoms with van der Waals surface area (Å²) in [4.78, 5) is 24.6. The van der Waals surface area contributed by atoms with E-state index < -0.39 is 11.8 Å². The smallest absolute Gasteiger partial charge is 0.343 e. The second-order valence-electron chi connectivity index (χ2n) is 4.90. The van der Waals surface area contributed by atoms with Crippen molar-refractivity contribution in [3.05, 3.63) is 47.1 Å². The van der Waals surface area contributed by atoms with Crippen LogP contribution in [0.25, 0.3) is 0 Å². The summed E-state index contributed by atoms with van der Waals surface area (Å²) in [5, 5.41) is 11.5. The van der Waals surface area contributed by atoms with E-state index in [-0.39, 0.29) is 25.3 Å². The van der Waals surface area contributed by atoms with Gasteiger partial charge < -0.3 is 24.6 Å². The van der Waals surface area contributed by atoms with Crippen LogP contribution in [-0.2, 0) is 23.8 Å². The van der Waals surface area contributed by atoms with Crippen LogP contribution in [0.4, 0.5) is 0 Å². The minimum Gasteiger partial charge on any atom is -0.504 e. The number of ether oxygens (including phenoxy) is 3. The number of allylic oxidation sites excluding steroid dienone is 4. The van der Waals surface area contributed by atoms with Crippen LogP contribution < -0.4 is 5.32 Å². The van der Waals surface area contributed by atoms with Gasteiger partial charge in [0.15, 0.2) is 5.78 Å². The van der Waals surface area contributed by atoms with Gasteiger partial charge in [-0.05, 0) is 38.0 Å². The van der Waals surface area contributed by atoms with Crippen molar-refractivity contribution in [3.63, 3.8) is 0 Å². The van der Waals surface area contributed by atoms with Gasteiger partial charge in [0.05, 0.1) is 33.7 Å². The first-order chi connectivity index (χ1) is 11.9. The Kier molecular flexibility index (Phi) is 11.5. The predicted molar refractivity (Wildman–Crippen MR) is 94.4 cm³/mol. The van der Waals surface area contributed by atoms with Gasteiger partial charge in [0, 0.05) is 18.8 Å². The molecule has 0 aliphatic carbocycles. The van der Waals surface area contributed by atoms with Gasteiger partial charge in [-0.2, -0.15) is 0 Å². The van der Waals surface area contributed by atoms with Crippen molar-refractivity contribution >= 4 is 11.8 Å². The number of aliphatic hydroxyl groups excluding tert-OH is 1. The molecule has 0 aliphatic rings. The molecule has 25 heavy (non-hydrogen) atoms. The van der Waals surface area contributed by atoms with Crippen LogP contribution in [0.3, 0.4) is 0 Å². The van der Waals surface area contributed by atoms with E-state index in [1.54, 1.807) is 32.9 Å². The van der Waals surface area contributed by atoms with Gasteiger partial charge in [-0.15, -0.1) is 0 Å². The minimum absolute atomic E-state index is 0.125. The largest absolute Gasteiger partial charge is 0.504 e. The molecule has 0 heterocycles. The number of nitrogens with one attached hydrogen (secondary N) is 1. The van der Waals surface area contributed by atoms with Crippen molar-refractivity contribution in [2.24, 2.45) is 0 Å². The topological polar surface area (TPSA) is 94.1 Å². The molecule has 0 saturated heterocycles. The van der Waals surface area contributed by atoms with E-state index in [0.29, 0.717) is 16.9 Å². The molecule has 0 fully saturated rings. The van der Waals surface area contributed by atoms with Crippen LogP contribution in [0.5, 0.6) is 0 Å². The van der Waals surface area contributed by atoms with Crippen molar-refractivity contribution in [3.8, 4) is 0 Å². The second kappa shape index (κ2) is 12.8. The predicted octanol–water partition coefficient (Wildman–Crippen LogP) is 1.61. The molecule has 0 bridgehead atoms. The fourth-order valence-corrected chi connectivity index (χ4v) is 1.83. The van der Waals surface area contributed by atoms with E-state index in [4.69, 9.17) is 19.3 Å². The Balaban J connectivity index is 5.59. The number of hydrogen-bond donors (Lipinski definition) is 2. The van der Waals surface area contributed by atoms with Crippen LogP contribution in [0.1, 0.15) is 20.8 Å². The number of methoxy groups -OCH3 is 2. The number of aliphatic hydroxyl groups is 1. The van der Waals surface area contributed by atoms with Gasteiger partial charge in [0.1, 0.15) is 11.3 Å². The van der Waals surface area contributed by atoms with Crippen LogP contribution in [0.2, 0.25) is 0 Å². The molecule has 0 unspecified atom stereocenters. The Morgan fingerprint density at radius 2 is 1.88 bits per heavy atom. The molecule has 0 aromatic rings. The molecule has 0 atom stereocenters. The van der Waals surface area contributed by atoms with Gasteiger partial charge in [0.2, 0.25) is 0 Å². The molecule has 140 valence electrons. The highest BCUT2D eigenvalue weighted by molar-refractivity contribution is 6.23. The maximum atomic E-state index is 12.6. The first kappa shape index (κ1) is 22.5. The number of rotatable bonds is 11. The minimum atomic E-state index is -0.724. The molecule has 0 rings (SSSR count). The van der Waals surface area contributed by atoms with E-state index in [0.717, 1.165) is 0 Å². The zero-order valence-electron chi connectivity index (χ0n) is 15.4. The lowest BCUT2D eigenvalue weighted by molar-refractivity contribution is -0.139. The molecule has 0 aromatic carbocycles. The second-order valence-corrected chi connectivity index (χ2v) is 4.90. The molecule has 7 nitrogen and oxygen atoms in total. The lowest BCUT2D eigenvalue weighted by atomic mass is 10.0. The SMILES string of the molecule is CCOC(=O)/C(=C\NCCO)C(=O)/C(C)=C/C(C)=C(\C=C\OC)OC. The number of carbonyl (C=O) groups excluding carboxylic acids is 2. The lowest BCUT2D eigenvalue weighted by Crippen LogP contribution is -2.21. The van der Waals surface area contributed by atoms with E-state index in [9.17, 15) is 9.59 Å². The highest BCUT2D eigenvalue weighted by Crippen LogP contribution is 2.14. The first-order valence-corrected chi connectivity index (χ1v) is 7.81. The average Bonchev–Trinajstić information content (AvgIpc) is 2.59. The number of carbonyl (C=O) groups is 2. The van der Waals surface area contributed by atoms with Crippen molar-refractivity contribution in [1.82, 2.24) is 5.32 Å². The van der Waals surface area contributed by atoms with E-state index in [2.05, 4.69) is 5.32 Å². The van der Waals surface area contributed by atoms with Gasteiger partial charge in [-0.25, -0.2) is 4.79 Å². The summed E-state index contributed by atoms with van der Waals surface area (Å²) >= 11 is 0. The molecule has 0 saturated carbocycles. The third-order valence-corrected chi connectivity index (χ3v) is 3.00. The van der Waals surface area contributed by atoms with Crippen molar-refractivity contribution < 1.29 is 28.9 Å². The molecular weight excluding hydrogens is 326 g/mol. The van der Waals surface area contributed by atoms with Crippen LogP contribution in [0, 0.1) is 0 Å². The van der Waals surface area contributed by atoms with Crippen molar-refractivity contribution in [1.29, 1.82) is 0 Å². The molecular formula is C18H27NO6. The number of esters is 1. The third kappa shape index (κ3) is 8.21. The summed E-state index contributed by atoms with van der Waals surface area (Å²) in [6.45, 7) is 5.27. The Hall–Kier alpha value is -2.54. The zero-order valence-corrected chi connectivity index (χ0v) is 15.4. The number of Topliss-reactive ketones (excluding diaryl/α,β-unsaturated/α-hetero) is 1. The Labute approximate surface area is 148 Å². The Morgan fingerprint density at radius 1 is 1.20 bits per heavy atom. The molecule has 0 spiro atoms. The number of ketones is 1. The van der Waals surface area contributed by atoms with Crippen LogP contribution in [-0.4, -0.2) is 50.8 Å². The molecule has 2 N–H and O–H groups in total. The highest BCUT2D eigenvalue weighted by Gasteiger charge is 2.21. The van der Waals surface area contributed by atoms with E-state index in [1.165, 1.54) is 26.7 Å². The van der Waals surface area contributed by atoms with Gasteiger partial charge in [0.25, 0.3) is 0 Å². The molecule has 0 amide bonds. The van der Waals surface area contributed by atoms with Crippen LogP contribution in [0.15, 0.2) is 47.1 Å². The Morgan fingerprint density at radius 3 is 2.40 bits per heavy atom. The highest BCUT2D eigenvalue weighted by atomic mass is 16.5. The van der Waals surface area contributed by atoms with E-state index >= 15 is 0 Å². The lowest BCUT2D eigenvalue weighted by Gasteiger charge is -2.09. The summed E-state index contributed by atoms with van der Waals surface area (Å²) in [6.07, 6.45) is 5.94. The zero-order chi connectivity index (χ0) is 19.2. The van der Waals surface area contributed by atoms with Gasteiger partial charge in [-0.3, -0.25) is 4.79 Å². The molecule has 0 aromatic heterocycles. The normalized spacial score (nSPS) is 13.4. The van der Waals surface area contributed by atoms with Crippen molar-refractivity contribution in [2.75, 3.05) is 34.0 Å².